The first-order valence-electron chi connectivity index (χ1n) is 8.86. The summed E-state index contributed by atoms with van der Waals surface area (Å²) in [6, 6.07) is 0.628. The van der Waals surface area contributed by atoms with E-state index < -0.39 is 0 Å². The maximum atomic E-state index is 10.2. The fourth-order valence-corrected chi connectivity index (χ4v) is 3.65. The summed E-state index contributed by atoms with van der Waals surface area (Å²) in [5.74, 6) is 1.34. The molecule has 0 aromatic rings. The average Bonchev–Trinajstić information content (AvgIpc) is 2.47. The van der Waals surface area contributed by atoms with Crippen molar-refractivity contribution in [3.63, 3.8) is 0 Å². The molecule has 0 saturated heterocycles. The molecule has 0 aliphatic heterocycles. The van der Waals surface area contributed by atoms with E-state index in [0.717, 1.165) is 25.3 Å². The summed E-state index contributed by atoms with van der Waals surface area (Å²) in [7, 11) is 0. The van der Waals surface area contributed by atoms with E-state index in [1.165, 1.54) is 32.1 Å². The van der Waals surface area contributed by atoms with Crippen molar-refractivity contribution in [2.75, 3.05) is 6.54 Å². The Morgan fingerprint density at radius 1 is 1.05 bits per heavy atom. The van der Waals surface area contributed by atoms with Crippen LogP contribution < -0.4 is 5.32 Å². The molecule has 0 bridgehead atoms. The fourth-order valence-electron chi connectivity index (χ4n) is 3.65. The lowest BCUT2D eigenvalue weighted by Gasteiger charge is -2.39. The number of hydrogen-bond acceptors (Lipinski definition) is 2. The van der Waals surface area contributed by atoms with E-state index in [0.29, 0.717) is 17.4 Å². The predicted octanol–water partition coefficient (Wildman–Crippen LogP) is 4.37. The van der Waals surface area contributed by atoms with Gasteiger partial charge in [0.1, 0.15) is 0 Å². The molecule has 1 fully saturated rings. The molecule has 1 saturated carbocycles. The largest absolute Gasteiger partial charge is 0.392 e. The van der Waals surface area contributed by atoms with Crippen LogP contribution in [0.3, 0.4) is 0 Å². The van der Waals surface area contributed by atoms with Crippen LogP contribution in [0.25, 0.3) is 0 Å². The molecular formula is C18H37NO. The zero-order valence-corrected chi connectivity index (χ0v) is 14.4. The molecule has 2 nitrogen and oxygen atoms in total. The standard InChI is InChI=1S/C18H37NO/c1-6-14(7-2)17(20)13-19-16-11-9-15(10-12-16)18(4,5)8-3/h14-17,19-20H,6-13H2,1-5H3. The van der Waals surface area contributed by atoms with E-state index in [4.69, 9.17) is 0 Å². The van der Waals surface area contributed by atoms with Gasteiger partial charge < -0.3 is 10.4 Å². The van der Waals surface area contributed by atoms with Gasteiger partial charge in [0, 0.05) is 12.6 Å². The van der Waals surface area contributed by atoms with Crippen molar-refractivity contribution in [3.8, 4) is 0 Å². The molecule has 1 atom stereocenters. The summed E-state index contributed by atoms with van der Waals surface area (Å²) >= 11 is 0. The summed E-state index contributed by atoms with van der Waals surface area (Å²) < 4.78 is 0. The first-order valence-corrected chi connectivity index (χ1v) is 8.86. The summed E-state index contributed by atoms with van der Waals surface area (Å²) in [6.45, 7) is 12.3. The molecule has 0 aromatic heterocycles. The Kier molecular flexibility index (Phi) is 7.53. The van der Waals surface area contributed by atoms with E-state index in [1.54, 1.807) is 0 Å². The van der Waals surface area contributed by atoms with Crippen LogP contribution in [-0.2, 0) is 0 Å². The number of hydrogen-bond donors (Lipinski definition) is 2. The topological polar surface area (TPSA) is 32.3 Å². The Bertz CT molecular complexity index is 252. The van der Waals surface area contributed by atoms with Crippen molar-refractivity contribution in [1.82, 2.24) is 5.32 Å². The van der Waals surface area contributed by atoms with E-state index in [9.17, 15) is 5.11 Å². The predicted molar refractivity (Wildman–Crippen MR) is 87.9 cm³/mol. The van der Waals surface area contributed by atoms with E-state index in [1.807, 2.05) is 0 Å². The maximum Gasteiger partial charge on any atom is 0.0692 e. The van der Waals surface area contributed by atoms with Crippen LogP contribution in [0.2, 0.25) is 0 Å². The summed E-state index contributed by atoms with van der Waals surface area (Å²) in [5.41, 5.74) is 0.500. The summed E-state index contributed by atoms with van der Waals surface area (Å²) in [4.78, 5) is 0. The third-order valence-corrected chi connectivity index (χ3v) is 5.95. The van der Waals surface area contributed by atoms with Crippen molar-refractivity contribution >= 4 is 0 Å². The van der Waals surface area contributed by atoms with Crippen LogP contribution in [0, 0.1) is 17.3 Å². The third-order valence-electron chi connectivity index (χ3n) is 5.95. The molecule has 120 valence electrons. The third kappa shape index (κ3) is 5.04. The highest BCUT2D eigenvalue weighted by Gasteiger charge is 2.31. The first kappa shape index (κ1) is 18.0. The molecule has 1 unspecified atom stereocenters. The van der Waals surface area contributed by atoms with Gasteiger partial charge in [-0.3, -0.25) is 0 Å². The van der Waals surface area contributed by atoms with Gasteiger partial charge in [0.15, 0.2) is 0 Å². The molecule has 1 aliphatic carbocycles. The molecule has 2 N–H and O–H groups in total. The zero-order valence-electron chi connectivity index (χ0n) is 14.4. The lowest BCUT2D eigenvalue weighted by molar-refractivity contribution is 0.0891. The molecule has 20 heavy (non-hydrogen) atoms. The van der Waals surface area contributed by atoms with Gasteiger partial charge in [0.25, 0.3) is 0 Å². The van der Waals surface area contributed by atoms with Gasteiger partial charge >= 0.3 is 0 Å². The van der Waals surface area contributed by atoms with Crippen LogP contribution in [0.1, 0.15) is 79.6 Å². The van der Waals surface area contributed by atoms with E-state index >= 15 is 0 Å². The second-order valence-electron chi connectivity index (χ2n) is 7.44. The molecular weight excluding hydrogens is 246 g/mol. The minimum Gasteiger partial charge on any atom is -0.392 e. The fraction of sp³-hybridized carbons (Fsp3) is 1.00. The van der Waals surface area contributed by atoms with Crippen LogP contribution in [0.4, 0.5) is 0 Å². The Morgan fingerprint density at radius 3 is 2.05 bits per heavy atom. The minimum absolute atomic E-state index is 0.171. The number of aliphatic hydroxyl groups is 1. The van der Waals surface area contributed by atoms with Gasteiger partial charge in [0.2, 0.25) is 0 Å². The van der Waals surface area contributed by atoms with Gasteiger partial charge in [0.05, 0.1) is 6.10 Å². The number of rotatable bonds is 8. The molecule has 0 aromatic carbocycles. The lowest BCUT2D eigenvalue weighted by Crippen LogP contribution is -2.41. The van der Waals surface area contributed by atoms with Gasteiger partial charge in [-0.2, -0.15) is 0 Å². The highest BCUT2D eigenvalue weighted by Crippen LogP contribution is 2.40. The maximum absolute atomic E-state index is 10.2. The highest BCUT2D eigenvalue weighted by atomic mass is 16.3. The molecule has 0 radical (unpaired) electrons. The monoisotopic (exact) mass is 283 g/mol. The molecule has 1 aliphatic rings. The SMILES string of the molecule is CCC(CC)C(O)CNC1CCC(C(C)(C)CC)CC1. The van der Waals surface area contributed by atoms with Crippen LogP contribution in [-0.4, -0.2) is 23.8 Å². The highest BCUT2D eigenvalue weighted by molar-refractivity contribution is 4.85. The second kappa shape index (κ2) is 8.38. The van der Waals surface area contributed by atoms with Gasteiger partial charge in [-0.25, -0.2) is 0 Å². The zero-order chi connectivity index (χ0) is 15.2. The lowest BCUT2D eigenvalue weighted by atomic mass is 9.69. The molecule has 0 heterocycles. The normalized spacial score (nSPS) is 25.9. The summed E-state index contributed by atoms with van der Waals surface area (Å²) in [6.07, 6.45) is 8.53. The van der Waals surface area contributed by atoms with Crippen LogP contribution in [0.5, 0.6) is 0 Å². The summed E-state index contributed by atoms with van der Waals surface area (Å²) in [5, 5.41) is 13.8. The number of nitrogens with one attached hydrogen (secondary N) is 1. The molecule has 2 heteroatoms. The first-order chi connectivity index (χ1) is 9.44. The Morgan fingerprint density at radius 2 is 1.60 bits per heavy atom. The van der Waals surface area contributed by atoms with Crippen molar-refractivity contribution in [2.24, 2.45) is 17.3 Å². The van der Waals surface area contributed by atoms with Gasteiger partial charge in [-0.15, -0.1) is 0 Å². The van der Waals surface area contributed by atoms with Crippen LogP contribution >= 0.6 is 0 Å². The Balaban J connectivity index is 2.29. The average molecular weight is 284 g/mol. The molecule has 0 amide bonds. The Hall–Kier alpha value is -0.0800. The van der Waals surface area contributed by atoms with Crippen molar-refractivity contribution < 1.29 is 5.11 Å². The van der Waals surface area contributed by atoms with Gasteiger partial charge in [-0.1, -0.05) is 53.9 Å². The van der Waals surface area contributed by atoms with Crippen molar-refractivity contribution in [3.05, 3.63) is 0 Å². The van der Waals surface area contributed by atoms with Crippen LogP contribution in [0.15, 0.2) is 0 Å². The molecule has 1 rings (SSSR count). The van der Waals surface area contributed by atoms with E-state index in [-0.39, 0.29) is 6.10 Å². The molecule has 0 spiro atoms. The second-order valence-corrected chi connectivity index (χ2v) is 7.44. The minimum atomic E-state index is -0.171. The smallest absolute Gasteiger partial charge is 0.0692 e. The van der Waals surface area contributed by atoms with Crippen molar-refractivity contribution in [1.29, 1.82) is 0 Å². The Labute approximate surface area is 126 Å². The number of aliphatic hydroxyl groups excluding tert-OH is 1. The van der Waals surface area contributed by atoms with Gasteiger partial charge in [-0.05, 0) is 42.9 Å². The quantitative estimate of drug-likeness (QED) is 0.693. The van der Waals surface area contributed by atoms with Crippen molar-refractivity contribution in [2.45, 2.75) is 91.7 Å². The van der Waals surface area contributed by atoms with E-state index in [2.05, 4.69) is 39.9 Å².